The third kappa shape index (κ3) is 4.02. The molecule has 1 aromatic rings. The highest BCUT2D eigenvalue weighted by Crippen LogP contribution is 2.38. The summed E-state index contributed by atoms with van der Waals surface area (Å²) in [5.41, 5.74) is 1.10. The molecule has 0 atom stereocenters. The minimum Gasteiger partial charge on any atom is -0.462 e. The summed E-state index contributed by atoms with van der Waals surface area (Å²) in [7, 11) is 0. The maximum Gasteiger partial charge on any atom is 0.341 e. The average Bonchev–Trinajstić information content (AvgIpc) is 2.92. The number of rotatable bonds is 7. The Balaban J connectivity index is 2.29. The highest BCUT2D eigenvalue weighted by atomic mass is 32.1. The van der Waals surface area contributed by atoms with E-state index in [0.717, 1.165) is 30.0 Å². The summed E-state index contributed by atoms with van der Waals surface area (Å²) < 4.78 is 5.13. The first-order valence-electron chi connectivity index (χ1n) is 8.51. The zero-order chi connectivity index (χ0) is 17.7. The van der Waals surface area contributed by atoms with E-state index in [1.54, 1.807) is 6.92 Å². The normalized spacial score (nSPS) is 13.8. The molecule has 0 spiro atoms. The van der Waals surface area contributed by atoms with Crippen LogP contribution in [0, 0.1) is 0 Å². The van der Waals surface area contributed by atoms with Crippen molar-refractivity contribution < 1.29 is 24.0 Å². The molecule has 0 bridgehead atoms. The molecule has 0 unspecified atom stereocenters. The molecule has 1 heterocycles. The lowest BCUT2D eigenvalue weighted by Gasteiger charge is -2.15. The van der Waals surface area contributed by atoms with Gasteiger partial charge in [-0.1, -0.05) is 0 Å². The molecule has 0 saturated heterocycles. The Labute approximate surface area is 146 Å². The molecular formula is C17H25N2O4S+. The summed E-state index contributed by atoms with van der Waals surface area (Å²) in [6.07, 6.45) is 1.89. The van der Waals surface area contributed by atoms with Crippen molar-refractivity contribution in [3.8, 4) is 0 Å². The first-order chi connectivity index (χ1) is 11.5. The Morgan fingerprint density at radius 3 is 2.54 bits per heavy atom. The summed E-state index contributed by atoms with van der Waals surface area (Å²) in [5, 5.41) is 3.28. The van der Waals surface area contributed by atoms with Gasteiger partial charge in [-0.2, -0.15) is 0 Å². The predicted octanol–water partition coefficient (Wildman–Crippen LogP) is 1.31. The van der Waals surface area contributed by atoms with E-state index in [2.05, 4.69) is 5.32 Å². The van der Waals surface area contributed by atoms with Crippen molar-refractivity contribution in [3.63, 3.8) is 0 Å². The predicted molar refractivity (Wildman–Crippen MR) is 93.1 cm³/mol. The van der Waals surface area contributed by atoms with E-state index in [9.17, 15) is 14.4 Å². The number of ether oxygens (including phenoxy) is 1. The third-order valence-corrected chi connectivity index (χ3v) is 5.42. The summed E-state index contributed by atoms with van der Waals surface area (Å²) >= 11 is 1.20. The van der Waals surface area contributed by atoms with Gasteiger partial charge in [0.2, 0.25) is 0 Å². The van der Waals surface area contributed by atoms with Crippen molar-refractivity contribution in [2.24, 2.45) is 0 Å². The minimum absolute atomic E-state index is 0.0432. The fraction of sp³-hybridized carbons (Fsp3) is 0.588. The molecule has 6 nitrogen and oxygen atoms in total. The van der Waals surface area contributed by atoms with E-state index in [1.807, 2.05) is 13.8 Å². The van der Waals surface area contributed by atoms with Crippen molar-refractivity contribution in [1.29, 1.82) is 0 Å². The monoisotopic (exact) mass is 353 g/mol. The lowest BCUT2D eigenvalue weighted by Crippen LogP contribution is -3.12. The topological polar surface area (TPSA) is 76.9 Å². The molecule has 7 heteroatoms. The number of amides is 1. The number of hydrogen-bond donors (Lipinski definition) is 2. The van der Waals surface area contributed by atoms with Crippen LogP contribution in [0.15, 0.2) is 0 Å². The van der Waals surface area contributed by atoms with Crippen molar-refractivity contribution in [3.05, 3.63) is 16.0 Å². The zero-order valence-corrected chi connectivity index (χ0v) is 15.3. The first kappa shape index (κ1) is 18.6. The molecule has 0 aromatic carbocycles. The summed E-state index contributed by atoms with van der Waals surface area (Å²) in [4.78, 5) is 38.5. The zero-order valence-electron chi connectivity index (χ0n) is 14.5. The third-order valence-electron chi connectivity index (χ3n) is 4.23. The number of carbonyl (C=O) groups excluding carboxylic acids is 3. The summed E-state index contributed by atoms with van der Waals surface area (Å²) in [6, 6.07) is 0. The van der Waals surface area contributed by atoms with Crippen LogP contribution in [0.5, 0.6) is 0 Å². The van der Waals surface area contributed by atoms with E-state index in [-0.39, 0.29) is 18.3 Å². The Morgan fingerprint density at radius 2 is 1.92 bits per heavy atom. The fourth-order valence-electron chi connectivity index (χ4n) is 2.87. The van der Waals surface area contributed by atoms with Gasteiger partial charge in [0.05, 0.1) is 30.1 Å². The van der Waals surface area contributed by atoms with Gasteiger partial charge in [-0.3, -0.25) is 9.59 Å². The van der Waals surface area contributed by atoms with Gasteiger partial charge in [0.1, 0.15) is 5.00 Å². The van der Waals surface area contributed by atoms with Crippen molar-refractivity contribution >= 4 is 34.0 Å². The minimum atomic E-state index is -0.463. The van der Waals surface area contributed by atoms with Crippen LogP contribution in [-0.2, 0) is 16.0 Å². The Kier molecular flexibility index (Phi) is 6.51. The molecule has 0 radical (unpaired) electrons. The molecule has 0 aliphatic heterocycles. The van der Waals surface area contributed by atoms with Crippen LogP contribution >= 0.6 is 11.3 Å². The van der Waals surface area contributed by atoms with Gasteiger partial charge in [0.15, 0.2) is 12.3 Å². The smallest absolute Gasteiger partial charge is 0.341 e. The lowest BCUT2D eigenvalue weighted by molar-refractivity contribution is -0.888. The van der Waals surface area contributed by atoms with Gasteiger partial charge < -0.3 is 15.0 Å². The second-order valence-electron chi connectivity index (χ2n) is 5.79. The molecular weight excluding hydrogens is 328 g/mol. The fourth-order valence-corrected chi connectivity index (χ4v) is 4.09. The molecule has 2 N–H and O–H groups in total. The number of likely N-dealkylation sites (N-methyl/N-ethyl adjacent to an activating group) is 1. The first-order valence-corrected chi connectivity index (χ1v) is 9.32. The summed E-state index contributed by atoms with van der Waals surface area (Å²) in [6.45, 7) is 8.10. The second kappa shape index (κ2) is 8.39. The number of ketones is 1. The number of nitrogens with one attached hydrogen (secondary N) is 2. The van der Waals surface area contributed by atoms with Gasteiger partial charge in [-0.15, -0.1) is 11.3 Å². The number of hydrogen-bond acceptors (Lipinski definition) is 5. The maximum absolute atomic E-state index is 12.3. The number of anilines is 1. The molecule has 1 aliphatic carbocycles. The molecule has 1 amide bonds. The molecule has 1 aliphatic rings. The van der Waals surface area contributed by atoms with E-state index < -0.39 is 5.97 Å². The van der Waals surface area contributed by atoms with E-state index >= 15 is 0 Å². The highest BCUT2D eigenvalue weighted by Gasteiger charge is 2.31. The van der Waals surface area contributed by atoms with Crippen LogP contribution in [0.25, 0.3) is 0 Å². The number of quaternary nitrogens is 1. The maximum atomic E-state index is 12.3. The Morgan fingerprint density at radius 1 is 1.21 bits per heavy atom. The van der Waals surface area contributed by atoms with Crippen molar-refractivity contribution in [1.82, 2.24) is 0 Å². The molecule has 132 valence electrons. The number of carbonyl (C=O) groups is 3. The Bertz CT molecular complexity index is 635. The van der Waals surface area contributed by atoms with Gasteiger partial charge in [0, 0.05) is 6.42 Å². The lowest BCUT2D eigenvalue weighted by atomic mass is 9.94. The van der Waals surface area contributed by atoms with E-state index in [0.29, 0.717) is 34.8 Å². The average molecular weight is 353 g/mol. The van der Waals surface area contributed by atoms with Gasteiger partial charge in [0.25, 0.3) is 5.91 Å². The molecule has 0 fully saturated rings. The standard InChI is InChI=1S/C17H24N2O4S/c1-4-19(5-2)10-13(21)18-16-14(17(22)23-6-3)11-8-7-9-12(20)15(11)24-16/h4-10H2,1-3H3,(H,18,21)/p+1. The van der Waals surface area contributed by atoms with Crippen molar-refractivity contribution in [2.45, 2.75) is 40.0 Å². The Hall–Kier alpha value is -1.73. The molecule has 24 heavy (non-hydrogen) atoms. The SMILES string of the molecule is CCOC(=O)c1c(NC(=O)C[NH+](CC)CC)sc2c1CCCC2=O. The van der Waals surface area contributed by atoms with E-state index in [4.69, 9.17) is 4.74 Å². The van der Waals surface area contributed by atoms with Crippen LogP contribution < -0.4 is 10.2 Å². The van der Waals surface area contributed by atoms with Crippen LogP contribution in [0.1, 0.15) is 59.2 Å². The molecule has 1 aromatic heterocycles. The van der Waals surface area contributed by atoms with Gasteiger partial charge >= 0.3 is 5.97 Å². The van der Waals surface area contributed by atoms with E-state index in [1.165, 1.54) is 11.3 Å². The van der Waals surface area contributed by atoms with Crippen LogP contribution in [0.3, 0.4) is 0 Å². The van der Waals surface area contributed by atoms with Gasteiger partial charge in [-0.25, -0.2) is 4.79 Å². The van der Waals surface area contributed by atoms with Crippen LogP contribution in [0.2, 0.25) is 0 Å². The van der Waals surface area contributed by atoms with Crippen LogP contribution in [-0.4, -0.2) is 43.9 Å². The highest BCUT2D eigenvalue weighted by molar-refractivity contribution is 7.18. The summed E-state index contributed by atoms with van der Waals surface area (Å²) in [5.74, 6) is -0.567. The molecule has 2 rings (SSSR count). The number of Topliss-reactive ketones (excluding diaryl/α,β-unsaturated/α-hetero) is 1. The number of esters is 1. The largest absolute Gasteiger partial charge is 0.462 e. The number of fused-ring (bicyclic) bond motifs is 1. The van der Waals surface area contributed by atoms with Crippen LogP contribution in [0.4, 0.5) is 5.00 Å². The van der Waals surface area contributed by atoms with Crippen molar-refractivity contribution in [2.75, 3.05) is 31.6 Å². The molecule has 0 saturated carbocycles. The second-order valence-corrected chi connectivity index (χ2v) is 6.81. The van der Waals surface area contributed by atoms with Gasteiger partial charge in [-0.05, 0) is 39.2 Å². The quantitative estimate of drug-likeness (QED) is 0.725. The number of thiophene rings is 1.